The van der Waals surface area contributed by atoms with Crippen LogP contribution in [0, 0.1) is 6.92 Å². The fourth-order valence-corrected chi connectivity index (χ4v) is 5.14. The average molecular weight is 445 g/mol. The maximum absolute atomic E-state index is 13.3. The maximum Gasteiger partial charge on any atom is 0.264 e. The quantitative estimate of drug-likeness (QED) is 0.561. The lowest BCUT2D eigenvalue weighted by Crippen LogP contribution is -2.41. The molecule has 0 heterocycles. The van der Waals surface area contributed by atoms with Gasteiger partial charge < -0.3 is 10.1 Å². The zero-order valence-electron chi connectivity index (χ0n) is 18.1. The molecule has 0 radical (unpaired) electrons. The summed E-state index contributed by atoms with van der Waals surface area (Å²) in [6, 6.07) is 15.4. The summed E-state index contributed by atoms with van der Waals surface area (Å²) in [5, 5.41) is 2.83. The Kier molecular flexibility index (Phi) is 8.49. The van der Waals surface area contributed by atoms with Crippen LogP contribution in [0.2, 0.25) is 0 Å². The summed E-state index contributed by atoms with van der Waals surface area (Å²) in [5.74, 6) is -0.336. The van der Waals surface area contributed by atoms with Gasteiger partial charge in [0, 0.05) is 13.2 Å². The van der Waals surface area contributed by atoms with Gasteiger partial charge in [-0.15, -0.1) is 0 Å². The monoisotopic (exact) mass is 444 g/mol. The van der Waals surface area contributed by atoms with E-state index >= 15 is 0 Å². The Morgan fingerprint density at radius 2 is 1.71 bits per heavy atom. The van der Waals surface area contributed by atoms with Crippen LogP contribution in [0.3, 0.4) is 0 Å². The van der Waals surface area contributed by atoms with Gasteiger partial charge in [0.15, 0.2) is 0 Å². The SMILES string of the molecule is Cc1ccc(S(=O)(=O)N(CC(=O)NCCCOC2CCCCC2)c2ccccc2)cc1. The number of carbonyl (C=O) groups is 1. The number of anilines is 1. The number of aryl methyl sites for hydroxylation is 1. The molecular formula is C24H32N2O4S. The van der Waals surface area contributed by atoms with Crippen LogP contribution in [-0.4, -0.2) is 40.1 Å². The van der Waals surface area contributed by atoms with Gasteiger partial charge in [-0.25, -0.2) is 8.42 Å². The summed E-state index contributed by atoms with van der Waals surface area (Å²) in [4.78, 5) is 12.7. The lowest BCUT2D eigenvalue weighted by molar-refractivity contribution is -0.119. The Morgan fingerprint density at radius 1 is 1.03 bits per heavy atom. The van der Waals surface area contributed by atoms with E-state index in [9.17, 15) is 13.2 Å². The van der Waals surface area contributed by atoms with Gasteiger partial charge in [-0.1, -0.05) is 55.2 Å². The first-order chi connectivity index (χ1) is 15.0. The first-order valence-electron chi connectivity index (χ1n) is 11.0. The molecule has 1 fully saturated rings. The van der Waals surface area contributed by atoms with Crippen molar-refractivity contribution in [3.63, 3.8) is 0 Å². The zero-order valence-corrected chi connectivity index (χ0v) is 18.9. The molecule has 0 unspecified atom stereocenters. The molecule has 0 aliphatic heterocycles. The molecule has 3 rings (SSSR count). The minimum Gasteiger partial charge on any atom is -0.378 e. The van der Waals surface area contributed by atoms with Crippen molar-refractivity contribution in [1.29, 1.82) is 0 Å². The molecule has 0 bridgehead atoms. The normalized spacial score (nSPS) is 14.9. The van der Waals surface area contributed by atoms with E-state index < -0.39 is 10.0 Å². The van der Waals surface area contributed by atoms with Crippen molar-refractivity contribution >= 4 is 21.6 Å². The summed E-state index contributed by atoms with van der Waals surface area (Å²) in [5.41, 5.74) is 1.43. The van der Waals surface area contributed by atoms with Gasteiger partial charge in [-0.2, -0.15) is 0 Å². The van der Waals surface area contributed by atoms with Crippen LogP contribution in [0.15, 0.2) is 59.5 Å². The molecule has 1 N–H and O–H groups in total. The molecule has 2 aromatic rings. The molecule has 1 aliphatic carbocycles. The molecule has 31 heavy (non-hydrogen) atoms. The number of sulfonamides is 1. The Hall–Kier alpha value is -2.38. The molecular weight excluding hydrogens is 412 g/mol. The second-order valence-corrected chi connectivity index (χ2v) is 9.86. The molecule has 0 saturated heterocycles. The molecule has 0 aromatic heterocycles. The Balaban J connectivity index is 1.58. The van der Waals surface area contributed by atoms with Gasteiger partial charge in [0.25, 0.3) is 10.0 Å². The summed E-state index contributed by atoms with van der Waals surface area (Å²) < 4.78 is 33.6. The highest BCUT2D eigenvalue weighted by molar-refractivity contribution is 7.92. The molecule has 0 atom stereocenters. The number of nitrogens with zero attached hydrogens (tertiary/aromatic N) is 1. The van der Waals surface area contributed by atoms with Crippen molar-refractivity contribution in [2.24, 2.45) is 0 Å². The molecule has 6 nitrogen and oxygen atoms in total. The molecule has 0 spiro atoms. The summed E-state index contributed by atoms with van der Waals surface area (Å²) >= 11 is 0. The minimum atomic E-state index is -3.87. The molecule has 2 aromatic carbocycles. The summed E-state index contributed by atoms with van der Waals surface area (Å²) in [6.07, 6.45) is 7.04. The third-order valence-corrected chi connectivity index (χ3v) is 7.28. The Morgan fingerprint density at radius 3 is 2.39 bits per heavy atom. The largest absolute Gasteiger partial charge is 0.378 e. The van der Waals surface area contributed by atoms with Crippen LogP contribution in [0.1, 0.15) is 44.1 Å². The van der Waals surface area contributed by atoms with E-state index in [0.29, 0.717) is 31.4 Å². The second kappa shape index (κ2) is 11.3. The number of ether oxygens (including phenoxy) is 1. The van der Waals surface area contributed by atoms with E-state index in [1.54, 1.807) is 48.5 Å². The number of hydrogen-bond donors (Lipinski definition) is 1. The van der Waals surface area contributed by atoms with Crippen molar-refractivity contribution in [3.8, 4) is 0 Å². The van der Waals surface area contributed by atoms with E-state index in [0.717, 1.165) is 22.7 Å². The first kappa shape index (κ1) is 23.3. The van der Waals surface area contributed by atoms with Crippen LogP contribution >= 0.6 is 0 Å². The highest BCUT2D eigenvalue weighted by atomic mass is 32.2. The maximum atomic E-state index is 13.3. The third-order valence-electron chi connectivity index (χ3n) is 5.49. The lowest BCUT2D eigenvalue weighted by Gasteiger charge is -2.24. The van der Waals surface area contributed by atoms with E-state index in [-0.39, 0.29) is 17.3 Å². The molecule has 1 aliphatic rings. The first-order valence-corrected chi connectivity index (χ1v) is 12.4. The van der Waals surface area contributed by atoms with Gasteiger partial charge in [-0.3, -0.25) is 9.10 Å². The van der Waals surface area contributed by atoms with Crippen molar-refractivity contribution in [1.82, 2.24) is 5.32 Å². The minimum absolute atomic E-state index is 0.163. The van der Waals surface area contributed by atoms with E-state index in [1.807, 2.05) is 13.0 Å². The second-order valence-electron chi connectivity index (χ2n) is 7.99. The van der Waals surface area contributed by atoms with Gasteiger partial charge in [-0.05, 0) is 50.5 Å². The van der Waals surface area contributed by atoms with Crippen LogP contribution in [0.25, 0.3) is 0 Å². The predicted molar refractivity (Wildman–Crippen MR) is 123 cm³/mol. The smallest absolute Gasteiger partial charge is 0.264 e. The van der Waals surface area contributed by atoms with Crippen molar-refractivity contribution in [2.45, 2.75) is 56.4 Å². The average Bonchev–Trinajstić information content (AvgIpc) is 2.79. The lowest BCUT2D eigenvalue weighted by atomic mass is 9.98. The number of hydrogen-bond acceptors (Lipinski definition) is 4. The number of amides is 1. The summed E-state index contributed by atoms with van der Waals surface area (Å²) in [7, 11) is -3.87. The fraction of sp³-hybridized carbons (Fsp3) is 0.458. The number of para-hydroxylation sites is 1. The van der Waals surface area contributed by atoms with E-state index in [4.69, 9.17) is 4.74 Å². The van der Waals surface area contributed by atoms with Crippen molar-refractivity contribution in [2.75, 3.05) is 24.0 Å². The van der Waals surface area contributed by atoms with Gasteiger partial charge >= 0.3 is 0 Å². The van der Waals surface area contributed by atoms with Crippen molar-refractivity contribution in [3.05, 3.63) is 60.2 Å². The van der Waals surface area contributed by atoms with Gasteiger partial charge in [0.05, 0.1) is 16.7 Å². The zero-order chi connectivity index (χ0) is 22.1. The standard InChI is InChI=1S/C24H32N2O4S/c1-20-13-15-23(16-14-20)31(28,29)26(21-9-4-2-5-10-21)19-24(27)25-17-8-18-30-22-11-6-3-7-12-22/h2,4-5,9-10,13-16,22H,3,6-8,11-12,17-19H2,1H3,(H,25,27). The number of rotatable bonds is 10. The summed E-state index contributed by atoms with van der Waals surface area (Å²) in [6.45, 7) is 2.69. The van der Waals surface area contributed by atoms with E-state index in [1.165, 1.54) is 19.3 Å². The third kappa shape index (κ3) is 6.80. The van der Waals surface area contributed by atoms with E-state index in [2.05, 4.69) is 5.32 Å². The molecule has 7 heteroatoms. The van der Waals surface area contributed by atoms with Gasteiger partial charge in [0.2, 0.25) is 5.91 Å². The topological polar surface area (TPSA) is 75.7 Å². The molecule has 1 amide bonds. The Labute approximate surface area is 185 Å². The number of carbonyl (C=O) groups excluding carboxylic acids is 1. The van der Waals surface area contributed by atoms with Gasteiger partial charge in [0.1, 0.15) is 6.54 Å². The molecule has 168 valence electrons. The number of nitrogens with one attached hydrogen (secondary N) is 1. The highest BCUT2D eigenvalue weighted by Crippen LogP contribution is 2.23. The number of benzene rings is 2. The Bertz CT molecular complexity index is 924. The highest BCUT2D eigenvalue weighted by Gasteiger charge is 2.27. The molecule has 1 saturated carbocycles. The van der Waals surface area contributed by atoms with Crippen LogP contribution < -0.4 is 9.62 Å². The van der Waals surface area contributed by atoms with Crippen molar-refractivity contribution < 1.29 is 17.9 Å². The van der Waals surface area contributed by atoms with Crippen LogP contribution in [0.4, 0.5) is 5.69 Å². The predicted octanol–water partition coefficient (Wildman–Crippen LogP) is 4.05. The van der Waals surface area contributed by atoms with Crippen LogP contribution in [0.5, 0.6) is 0 Å². The van der Waals surface area contributed by atoms with Crippen LogP contribution in [-0.2, 0) is 19.6 Å². The fourth-order valence-electron chi connectivity index (χ4n) is 3.71.